The summed E-state index contributed by atoms with van der Waals surface area (Å²) < 4.78 is 3.39. The fourth-order valence-electron chi connectivity index (χ4n) is 3.44. The molecule has 0 saturated heterocycles. The lowest BCUT2D eigenvalue weighted by Gasteiger charge is -2.14. The molecule has 5 nitrogen and oxygen atoms in total. The average Bonchev–Trinajstić information content (AvgIpc) is 3.05. The lowest BCUT2D eigenvalue weighted by Crippen LogP contribution is -2.23. The molecule has 26 heavy (non-hydrogen) atoms. The molecule has 0 aliphatic carbocycles. The highest BCUT2D eigenvalue weighted by Gasteiger charge is 2.19. The van der Waals surface area contributed by atoms with Crippen molar-refractivity contribution in [1.29, 1.82) is 0 Å². The van der Waals surface area contributed by atoms with Crippen molar-refractivity contribution in [2.24, 2.45) is 0 Å². The number of aromatic nitrogens is 3. The molecule has 4 rings (SSSR count). The zero-order valence-electron chi connectivity index (χ0n) is 14.7. The Kier molecular flexibility index (Phi) is 4.21. The first-order chi connectivity index (χ1) is 12.7. The largest absolute Gasteiger partial charge is 0.494 e. The monoisotopic (exact) mass is 347 g/mol. The molecule has 0 aliphatic heterocycles. The summed E-state index contributed by atoms with van der Waals surface area (Å²) in [5.74, 6) is 0.528. The molecule has 2 heterocycles. The van der Waals surface area contributed by atoms with Crippen molar-refractivity contribution >= 4 is 16.8 Å². The predicted molar refractivity (Wildman–Crippen MR) is 103 cm³/mol. The third-order valence-corrected chi connectivity index (χ3v) is 4.74. The highest BCUT2D eigenvalue weighted by molar-refractivity contribution is 5.79. The van der Waals surface area contributed by atoms with Crippen LogP contribution in [0.2, 0.25) is 0 Å². The van der Waals surface area contributed by atoms with Gasteiger partial charge in [0.15, 0.2) is 0 Å². The second-order valence-electron chi connectivity index (χ2n) is 6.48. The van der Waals surface area contributed by atoms with Gasteiger partial charge in [-0.25, -0.2) is 9.38 Å². The molecule has 132 valence electrons. The number of aryl methyl sites for hydroxylation is 2. The number of rotatable bonds is 5. The lowest BCUT2D eigenvalue weighted by atomic mass is 10.1. The molecule has 0 bridgehead atoms. The van der Waals surface area contributed by atoms with Crippen molar-refractivity contribution < 1.29 is 5.11 Å². The van der Waals surface area contributed by atoms with Crippen molar-refractivity contribution in [3.63, 3.8) is 0 Å². The van der Waals surface area contributed by atoms with Gasteiger partial charge in [0.25, 0.3) is 5.56 Å². The van der Waals surface area contributed by atoms with E-state index < -0.39 is 0 Å². The number of aromatic hydroxyl groups is 1. The van der Waals surface area contributed by atoms with Crippen LogP contribution in [0.15, 0.2) is 59.4 Å². The smallest absolute Gasteiger partial charge is 0.266 e. The molecule has 0 spiro atoms. The first kappa shape index (κ1) is 16.4. The predicted octanol–water partition coefficient (Wildman–Crippen LogP) is 3.55. The van der Waals surface area contributed by atoms with E-state index in [1.165, 1.54) is 5.56 Å². The van der Waals surface area contributed by atoms with E-state index >= 15 is 0 Å². The molecular formula is C21H21N3O2. The van der Waals surface area contributed by atoms with E-state index in [-0.39, 0.29) is 11.4 Å². The van der Waals surface area contributed by atoms with E-state index in [2.05, 4.69) is 17.1 Å². The standard InChI is InChI=1S/C21H21N3O2/c1-2-8-16-19(25)23(14-13-15-9-4-3-5-10-15)21-22-17-11-6-7-12-18(17)24(21)20(16)26/h3-7,9-12,25H,2,8,13-14H2,1H3. The normalized spacial score (nSPS) is 11.4. The summed E-state index contributed by atoms with van der Waals surface area (Å²) in [6.07, 6.45) is 2.08. The first-order valence-electron chi connectivity index (χ1n) is 8.96. The van der Waals surface area contributed by atoms with Crippen LogP contribution in [0.25, 0.3) is 16.8 Å². The molecule has 5 heteroatoms. The number of nitrogens with zero attached hydrogens (tertiary/aromatic N) is 3. The molecule has 0 saturated carbocycles. The van der Waals surface area contributed by atoms with Gasteiger partial charge in [0, 0.05) is 6.54 Å². The van der Waals surface area contributed by atoms with Gasteiger partial charge in [0.2, 0.25) is 11.7 Å². The van der Waals surface area contributed by atoms with Crippen LogP contribution in [-0.2, 0) is 19.4 Å². The number of imidazole rings is 1. The van der Waals surface area contributed by atoms with Crippen LogP contribution in [0.1, 0.15) is 24.5 Å². The minimum Gasteiger partial charge on any atom is -0.494 e. The van der Waals surface area contributed by atoms with Crippen LogP contribution in [0.4, 0.5) is 0 Å². The van der Waals surface area contributed by atoms with Crippen LogP contribution >= 0.6 is 0 Å². The van der Waals surface area contributed by atoms with E-state index in [9.17, 15) is 9.90 Å². The SMILES string of the molecule is CCCc1c(O)n(CCc2ccccc2)c2nc3ccccc3n2c1=O. The maximum absolute atomic E-state index is 13.0. The molecule has 0 amide bonds. The van der Waals surface area contributed by atoms with Crippen molar-refractivity contribution in [1.82, 2.24) is 14.0 Å². The van der Waals surface area contributed by atoms with E-state index in [0.29, 0.717) is 24.3 Å². The van der Waals surface area contributed by atoms with E-state index in [1.807, 2.05) is 49.4 Å². The van der Waals surface area contributed by atoms with Crippen LogP contribution in [-0.4, -0.2) is 19.1 Å². The zero-order chi connectivity index (χ0) is 18.1. The van der Waals surface area contributed by atoms with Crippen LogP contribution in [0.5, 0.6) is 5.88 Å². The van der Waals surface area contributed by atoms with Gasteiger partial charge >= 0.3 is 0 Å². The van der Waals surface area contributed by atoms with Crippen molar-refractivity contribution in [2.45, 2.75) is 32.7 Å². The average molecular weight is 347 g/mol. The molecule has 1 N–H and O–H groups in total. The van der Waals surface area contributed by atoms with Crippen LogP contribution in [0.3, 0.4) is 0 Å². The molecule has 2 aromatic heterocycles. The lowest BCUT2D eigenvalue weighted by molar-refractivity contribution is 0.403. The van der Waals surface area contributed by atoms with Gasteiger partial charge in [-0.2, -0.15) is 0 Å². The Labute approximate surface area is 151 Å². The summed E-state index contributed by atoms with van der Waals surface area (Å²) in [7, 11) is 0. The maximum atomic E-state index is 13.0. The van der Waals surface area contributed by atoms with E-state index in [4.69, 9.17) is 0 Å². The summed E-state index contributed by atoms with van der Waals surface area (Å²) in [5.41, 5.74) is 2.99. The third kappa shape index (κ3) is 2.65. The molecular weight excluding hydrogens is 326 g/mol. The number of para-hydroxylation sites is 2. The van der Waals surface area contributed by atoms with Gasteiger partial charge in [-0.15, -0.1) is 0 Å². The zero-order valence-corrected chi connectivity index (χ0v) is 14.7. The third-order valence-electron chi connectivity index (χ3n) is 4.74. The summed E-state index contributed by atoms with van der Waals surface area (Å²) in [6, 6.07) is 17.7. The number of hydrogen-bond acceptors (Lipinski definition) is 3. The Balaban J connectivity index is 1.93. The molecule has 0 aliphatic rings. The number of fused-ring (bicyclic) bond motifs is 3. The Morgan fingerprint density at radius 1 is 1.00 bits per heavy atom. The van der Waals surface area contributed by atoms with Crippen molar-refractivity contribution in [3.05, 3.63) is 76.1 Å². The first-order valence-corrected chi connectivity index (χ1v) is 8.96. The van der Waals surface area contributed by atoms with Gasteiger partial charge in [0.1, 0.15) is 0 Å². The molecule has 4 aromatic rings. The van der Waals surface area contributed by atoms with Gasteiger partial charge in [0.05, 0.1) is 16.6 Å². The molecule has 0 unspecified atom stereocenters. The summed E-state index contributed by atoms with van der Waals surface area (Å²) >= 11 is 0. The Morgan fingerprint density at radius 3 is 2.50 bits per heavy atom. The second kappa shape index (κ2) is 6.67. The Bertz CT molecular complexity index is 1130. The van der Waals surface area contributed by atoms with E-state index in [0.717, 1.165) is 23.9 Å². The quantitative estimate of drug-likeness (QED) is 0.601. The van der Waals surface area contributed by atoms with Crippen LogP contribution in [0, 0.1) is 0 Å². The number of hydrogen-bond donors (Lipinski definition) is 1. The maximum Gasteiger partial charge on any atom is 0.266 e. The summed E-state index contributed by atoms with van der Waals surface area (Å²) in [6.45, 7) is 2.56. The van der Waals surface area contributed by atoms with Gasteiger partial charge in [-0.3, -0.25) is 9.36 Å². The Hall–Kier alpha value is -3.08. The van der Waals surface area contributed by atoms with Gasteiger partial charge in [-0.05, 0) is 30.5 Å². The summed E-state index contributed by atoms with van der Waals surface area (Å²) in [4.78, 5) is 17.6. The van der Waals surface area contributed by atoms with Gasteiger partial charge < -0.3 is 5.11 Å². The second-order valence-corrected chi connectivity index (χ2v) is 6.48. The van der Waals surface area contributed by atoms with Crippen molar-refractivity contribution in [3.8, 4) is 5.88 Å². The fourth-order valence-corrected chi connectivity index (χ4v) is 3.44. The highest BCUT2D eigenvalue weighted by Crippen LogP contribution is 2.23. The van der Waals surface area contributed by atoms with Crippen LogP contribution < -0.4 is 5.56 Å². The van der Waals surface area contributed by atoms with Crippen molar-refractivity contribution in [2.75, 3.05) is 0 Å². The highest BCUT2D eigenvalue weighted by atomic mass is 16.3. The minimum absolute atomic E-state index is 0.0376. The topological polar surface area (TPSA) is 59.5 Å². The molecule has 0 radical (unpaired) electrons. The summed E-state index contributed by atoms with van der Waals surface area (Å²) in [5, 5.41) is 10.8. The number of benzene rings is 2. The molecule has 2 aromatic carbocycles. The van der Waals surface area contributed by atoms with Gasteiger partial charge in [-0.1, -0.05) is 55.8 Å². The molecule has 0 atom stereocenters. The fraction of sp³-hybridized carbons (Fsp3) is 0.238. The molecule has 0 fully saturated rings. The van der Waals surface area contributed by atoms with E-state index in [1.54, 1.807) is 8.97 Å². The minimum atomic E-state index is -0.177. The Morgan fingerprint density at radius 2 is 1.73 bits per heavy atom.